The number of hydrazone groups is 1. The van der Waals surface area contributed by atoms with E-state index < -0.39 is 10.5 Å². The van der Waals surface area contributed by atoms with Crippen molar-refractivity contribution >= 4 is 28.1 Å². The molecule has 1 aromatic heterocycles. The van der Waals surface area contributed by atoms with Crippen LogP contribution < -0.4 is 11.1 Å². The summed E-state index contributed by atoms with van der Waals surface area (Å²) in [6.07, 6.45) is 0. The molecule has 0 aliphatic heterocycles. The Morgan fingerprint density at radius 2 is 1.88 bits per heavy atom. The normalized spacial score (nSPS) is 11.5. The average Bonchev–Trinajstić information content (AvgIpc) is 2.59. The molecule has 0 fully saturated rings. The molecule has 0 amide bonds. The van der Waals surface area contributed by atoms with Crippen LogP contribution in [0.2, 0.25) is 0 Å². The smallest absolute Gasteiger partial charge is 0.345 e. The quantitative estimate of drug-likeness (QED) is 0.343. The molecular formula is C17H13N3O4. The van der Waals surface area contributed by atoms with E-state index in [9.17, 15) is 14.9 Å². The van der Waals surface area contributed by atoms with Gasteiger partial charge in [-0.3, -0.25) is 15.5 Å². The standard InChI is InChI=1S/C17H13N3O4/c1-11(18-19-14-7-3-4-8-15(14)20(22)23)13-10-12-6-2-5-9-16(12)24-17(13)21/h2-10,19H,1H3/b18-11-. The average molecular weight is 323 g/mol. The second kappa shape index (κ2) is 6.33. The van der Waals surface area contributed by atoms with Crippen molar-refractivity contribution in [2.45, 2.75) is 6.92 Å². The largest absolute Gasteiger partial charge is 0.422 e. The molecule has 0 saturated heterocycles. The first-order chi connectivity index (χ1) is 11.6. The van der Waals surface area contributed by atoms with Crippen LogP contribution in [0.1, 0.15) is 12.5 Å². The van der Waals surface area contributed by atoms with Crippen molar-refractivity contribution < 1.29 is 9.34 Å². The number of fused-ring (bicyclic) bond motifs is 1. The SMILES string of the molecule is C/C(=N/Nc1ccccc1[N+](=O)[O-])c1cc2ccccc2oc1=O. The molecule has 0 unspecified atom stereocenters. The number of anilines is 1. The lowest BCUT2D eigenvalue weighted by Gasteiger charge is -2.04. The van der Waals surface area contributed by atoms with Crippen LogP contribution in [0, 0.1) is 10.1 Å². The number of para-hydroxylation sites is 3. The summed E-state index contributed by atoms with van der Waals surface area (Å²) in [4.78, 5) is 22.6. The number of hydrogen-bond donors (Lipinski definition) is 1. The molecule has 7 heteroatoms. The highest BCUT2D eigenvalue weighted by Gasteiger charge is 2.12. The number of nitro groups is 1. The molecule has 1 N–H and O–H groups in total. The van der Waals surface area contributed by atoms with Crippen LogP contribution >= 0.6 is 0 Å². The van der Waals surface area contributed by atoms with E-state index >= 15 is 0 Å². The predicted octanol–water partition coefficient (Wildman–Crippen LogP) is 3.54. The van der Waals surface area contributed by atoms with Gasteiger partial charge in [0.15, 0.2) is 0 Å². The van der Waals surface area contributed by atoms with Gasteiger partial charge in [-0.2, -0.15) is 5.10 Å². The number of rotatable bonds is 4. The first-order valence-electron chi connectivity index (χ1n) is 7.13. The summed E-state index contributed by atoms with van der Waals surface area (Å²) in [5.74, 6) is 0. The number of hydrogen-bond acceptors (Lipinski definition) is 6. The monoisotopic (exact) mass is 323 g/mol. The van der Waals surface area contributed by atoms with E-state index in [1.165, 1.54) is 12.1 Å². The molecule has 0 atom stereocenters. The highest BCUT2D eigenvalue weighted by molar-refractivity contribution is 6.00. The Bertz CT molecular complexity index is 1010. The third-order valence-corrected chi connectivity index (χ3v) is 3.48. The third-order valence-electron chi connectivity index (χ3n) is 3.48. The summed E-state index contributed by atoms with van der Waals surface area (Å²) >= 11 is 0. The van der Waals surface area contributed by atoms with E-state index in [0.29, 0.717) is 16.9 Å². The molecule has 2 aromatic carbocycles. The van der Waals surface area contributed by atoms with Gasteiger partial charge < -0.3 is 4.42 Å². The van der Waals surface area contributed by atoms with Crippen molar-refractivity contribution in [2.75, 3.05) is 5.43 Å². The molecule has 3 rings (SSSR count). The predicted molar refractivity (Wildman–Crippen MR) is 91.4 cm³/mol. The minimum absolute atomic E-state index is 0.0976. The third kappa shape index (κ3) is 3.00. The van der Waals surface area contributed by atoms with Gasteiger partial charge in [-0.25, -0.2) is 4.79 Å². The van der Waals surface area contributed by atoms with Gasteiger partial charge in [0, 0.05) is 11.5 Å². The first-order valence-corrected chi connectivity index (χ1v) is 7.13. The molecule has 0 spiro atoms. The van der Waals surface area contributed by atoms with E-state index in [1.807, 2.05) is 12.1 Å². The van der Waals surface area contributed by atoms with Crippen LogP contribution in [-0.4, -0.2) is 10.6 Å². The number of nitro benzene ring substituents is 1. The Kier molecular flexibility index (Phi) is 4.07. The molecule has 0 aliphatic carbocycles. The van der Waals surface area contributed by atoms with E-state index in [-0.39, 0.29) is 11.4 Å². The molecule has 0 aliphatic rings. The Morgan fingerprint density at radius 3 is 2.67 bits per heavy atom. The number of nitrogens with zero attached hydrogens (tertiary/aromatic N) is 2. The van der Waals surface area contributed by atoms with Crippen molar-refractivity contribution in [2.24, 2.45) is 5.10 Å². The van der Waals surface area contributed by atoms with Gasteiger partial charge in [-0.15, -0.1) is 0 Å². The zero-order valence-corrected chi connectivity index (χ0v) is 12.7. The van der Waals surface area contributed by atoms with Gasteiger partial charge in [0.05, 0.1) is 16.2 Å². The van der Waals surface area contributed by atoms with Gasteiger partial charge >= 0.3 is 5.63 Å². The summed E-state index contributed by atoms with van der Waals surface area (Å²) in [5, 5.41) is 15.8. The number of nitrogens with one attached hydrogen (secondary N) is 1. The van der Waals surface area contributed by atoms with Crippen LogP contribution in [0.5, 0.6) is 0 Å². The zero-order valence-electron chi connectivity index (χ0n) is 12.7. The van der Waals surface area contributed by atoms with Crippen molar-refractivity contribution in [3.05, 3.63) is 80.7 Å². The molecular weight excluding hydrogens is 310 g/mol. The molecule has 0 bridgehead atoms. The molecule has 3 aromatic rings. The minimum Gasteiger partial charge on any atom is -0.422 e. The van der Waals surface area contributed by atoms with Crippen LogP contribution in [0.3, 0.4) is 0 Å². The zero-order chi connectivity index (χ0) is 17.1. The van der Waals surface area contributed by atoms with Crippen LogP contribution in [-0.2, 0) is 0 Å². The fourth-order valence-electron chi connectivity index (χ4n) is 2.25. The second-order valence-electron chi connectivity index (χ2n) is 5.07. The lowest BCUT2D eigenvalue weighted by molar-refractivity contribution is -0.384. The van der Waals surface area contributed by atoms with Crippen LogP contribution in [0.25, 0.3) is 11.0 Å². The number of benzene rings is 2. The fraction of sp³-hybridized carbons (Fsp3) is 0.0588. The van der Waals surface area contributed by atoms with E-state index in [4.69, 9.17) is 4.42 Å². The maximum Gasteiger partial charge on any atom is 0.345 e. The van der Waals surface area contributed by atoms with Gasteiger partial charge in [0.2, 0.25) is 0 Å². The summed E-state index contributed by atoms with van der Waals surface area (Å²) in [5.41, 5.74) is 3.42. The summed E-state index contributed by atoms with van der Waals surface area (Å²) in [6.45, 7) is 1.63. The maximum atomic E-state index is 12.1. The molecule has 7 nitrogen and oxygen atoms in total. The lowest BCUT2D eigenvalue weighted by Crippen LogP contribution is -2.13. The molecule has 0 saturated carbocycles. The van der Waals surface area contributed by atoms with Crippen molar-refractivity contribution in [1.29, 1.82) is 0 Å². The van der Waals surface area contributed by atoms with Crippen LogP contribution in [0.4, 0.5) is 11.4 Å². The van der Waals surface area contributed by atoms with Crippen molar-refractivity contribution in [3.8, 4) is 0 Å². The van der Waals surface area contributed by atoms with E-state index in [1.54, 1.807) is 37.3 Å². The summed E-state index contributed by atoms with van der Waals surface area (Å²) < 4.78 is 5.26. The molecule has 1 heterocycles. The molecule has 120 valence electrons. The topological polar surface area (TPSA) is 97.7 Å². The van der Waals surface area contributed by atoms with Crippen molar-refractivity contribution in [1.82, 2.24) is 0 Å². The minimum atomic E-state index is -0.515. The Hall–Kier alpha value is -3.48. The highest BCUT2D eigenvalue weighted by atomic mass is 16.6. The highest BCUT2D eigenvalue weighted by Crippen LogP contribution is 2.23. The lowest BCUT2D eigenvalue weighted by atomic mass is 10.1. The van der Waals surface area contributed by atoms with Crippen molar-refractivity contribution in [3.63, 3.8) is 0 Å². The van der Waals surface area contributed by atoms with E-state index in [0.717, 1.165) is 5.39 Å². The summed E-state index contributed by atoms with van der Waals surface area (Å²) in [7, 11) is 0. The Balaban J connectivity index is 1.96. The summed E-state index contributed by atoms with van der Waals surface area (Å²) in [6, 6.07) is 15.0. The van der Waals surface area contributed by atoms with Gasteiger partial charge in [-0.05, 0) is 25.1 Å². The van der Waals surface area contributed by atoms with Gasteiger partial charge in [0.1, 0.15) is 11.3 Å². The molecule has 0 radical (unpaired) electrons. The van der Waals surface area contributed by atoms with Crippen LogP contribution in [0.15, 0.2) is 68.9 Å². The Morgan fingerprint density at radius 1 is 1.17 bits per heavy atom. The van der Waals surface area contributed by atoms with Gasteiger partial charge in [-0.1, -0.05) is 30.3 Å². The second-order valence-corrected chi connectivity index (χ2v) is 5.07. The molecule has 24 heavy (non-hydrogen) atoms. The fourth-order valence-corrected chi connectivity index (χ4v) is 2.25. The first kappa shape index (κ1) is 15.4. The maximum absolute atomic E-state index is 12.1. The van der Waals surface area contributed by atoms with E-state index in [2.05, 4.69) is 10.5 Å². The Labute approximate surface area is 136 Å². The van der Waals surface area contributed by atoms with Gasteiger partial charge in [0.25, 0.3) is 5.69 Å².